The maximum atomic E-state index is 10.4. The summed E-state index contributed by atoms with van der Waals surface area (Å²) >= 11 is 3.96. The highest BCUT2D eigenvalue weighted by molar-refractivity contribution is 7.80. The largest absolute Gasteiger partial charge is 0.478 e. The number of hydrogen-bond donors (Lipinski definition) is 2. The van der Waals surface area contributed by atoms with Gasteiger partial charge >= 0.3 is 5.97 Å². The topological polar surface area (TPSA) is 37.3 Å². The Morgan fingerprint density at radius 1 is 1.36 bits per heavy atom. The molecule has 0 aliphatic heterocycles. The molecule has 11 heavy (non-hydrogen) atoms. The first-order valence-corrected chi connectivity index (χ1v) is 3.18. The van der Waals surface area contributed by atoms with Gasteiger partial charge in [-0.15, -0.1) is 25.0 Å². The average molecular weight is 191 g/mol. The van der Waals surface area contributed by atoms with Crippen LogP contribution in [0.2, 0.25) is 0 Å². The zero-order chi connectivity index (χ0) is 7.56. The predicted octanol–water partition coefficient (Wildman–Crippen LogP) is 2.10. The van der Waals surface area contributed by atoms with E-state index in [9.17, 15) is 4.79 Å². The molecule has 0 saturated carbocycles. The molecule has 0 aliphatic rings. The molecule has 0 saturated heterocycles. The zero-order valence-electron chi connectivity index (χ0n) is 5.52. The molecule has 0 bridgehead atoms. The molecule has 0 amide bonds. The highest BCUT2D eigenvalue weighted by Gasteiger charge is 2.03. The van der Waals surface area contributed by atoms with E-state index in [1.165, 1.54) is 6.07 Å². The van der Waals surface area contributed by atoms with E-state index in [1.54, 1.807) is 18.2 Å². The molecule has 0 atom stereocenters. The summed E-state index contributed by atoms with van der Waals surface area (Å²) in [4.78, 5) is 10.9. The van der Waals surface area contributed by atoms with Gasteiger partial charge in [0.25, 0.3) is 0 Å². The third-order valence-corrected chi connectivity index (χ3v) is 1.52. The van der Waals surface area contributed by atoms with Gasteiger partial charge in [0.05, 0.1) is 5.56 Å². The Morgan fingerprint density at radius 2 is 1.91 bits per heavy atom. The molecule has 1 aromatic rings. The van der Waals surface area contributed by atoms with E-state index in [2.05, 4.69) is 12.6 Å². The van der Waals surface area contributed by atoms with Crippen molar-refractivity contribution < 1.29 is 9.90 Å². The summed E-state index contributed by atoms with van der Waals surface area (Å²) in [7, 11) is 0. The standard InChI is InChI=1S/C7H6O2S.ClH/c8-7(9)5-3-1-2-4-6(5)10;/h1-4,10H,(H,8,9);1H. The maximum absolute atomic E-state index is 10.4. The maximum Gasteiger partial charge on any atom is 0.336 e. The van der Waals surface area contributed by atoms with Crippen LogP contribution in [-0.4, -0.2) is 11.1 Å². The van der Waals surface area contributed by atoms with Gasteiger partial charge in [-0.1, -0.05) is 12.1 Å². The lowest BCUT2D eigenvalue weighted by Gasteiger charge is -1.95. The second-order valence-corrected chi connectivity index (χ2v) is 2.30. The minimum atomic E-state index is -0.939. The molecule has 4 heteroatoms. The highest BCUT2D eigenvalue weighted by Crippen LogP contribution is 2.11. The van der Waals surface area contributed by atoms with Crippen molar-refractivity contribution in [3.05, 3.63) is 29.8 Å². The summed E-state index contributed by atoms with van der Waals surface area (Å²) in [6.07, 6.45) is 0. The molecule has 60 valence electrons. The first-order valence-electron chi connectivity index (χ1n) is 2.73. The smallest absolute Gasteiger partial charge is 0.336 e. The number of benzene rings is 1. The minimum Gasteiger partial charge on any atom is -0.478 e. The summed E-state index contributed by atoms with van der Waals surface area (Å²) in [6.45, 7) is 0. The van der Waals surface area contributed by atoms with Crippen LogP contribution in [0.15, 0.2) is 29.2 Å². The van der Waals surface area contributed by atoms with E-state index in [1.807, 2.05) is 0 Å². The van der Waals surface area contributed by atoms with Gasteiger partial charge in [0, 0.05) is 4.90 Å². The van der Waals surface area contributed by atoms with E-state index < -0.39 is 5.97 Å². The van der Waals surface area contributed by atoms with Crippen LogP contribution in [0.4, 0.5) is 0 Å². The van der Waals surface area contributed by atoms with E-state index in [0.29, 0.717) is 4.90 Å². The summed E-state index contributed by atoms with van der Waals surface area (Å²) in [6, 6.07) is 6.58. The summed E-state index contributed by atoms with van der Waals surface area (Å²) in [5.41, 5.74) is 0.242. The van der Waals surface area contributed by atoms with Crippen LogP contribution in [0.1, 0.15) is 10.4 Å². The molecule has 0 aliphatic carbocycles. The summed E-state index contributed by atoms with van der Waals surface area (Å²) < 4.78 is 0. The molecular weight excluding hydrogens is 184 g/mol. The monoisotopic (exact) mass is 190 g/mol. The van der Waals surface area contributed by atoms with Crippen molar-refractivity contribution in [2.24, 2.45) is 0 Å². The van der Waals surface area contributed by atoms with E-state index in [0.717, 1.165) is 0 Å². The Morgan fingerprint density at radius 3 is 2.27 bits per heavy atom. The van der Waals surface area contributed by atoms with Crippen molar-refractivity contribution in [3.8, 4) is 0 Å². The second-order valence-electron chi connectivity index (χ2n) is 1.82. The molecule has 1 N–H and O–H groups in total. The summed E-state index contributed by atoms with van der Waals surface area (Å²) in [5, 5.41) is 8.52. The Bertz CT molecular complexity index is 262. The van der Waals surface area contributed by atoms with Gasteiger partial charge < -0.3 is 5.11 Å². The number of carboxylic acid groups (broad SMARTS) is 1. The van der Waals surface area contributed by atoms with Crippen molar-refractivity contribution in [3.63, 3.8) is 0 Å². The molecule has 0 heterocycles. The SMILES string of the molecule is Cl.O=C(O)c1ccccc1S. The van der Waals surface area contributed by atoms with Crippen molar-refractivity contribution in [1.82, 2.24) is 0 Å². The number of halogens is 1. The predicted molar refractivity (Wildman–Crippen MR) is 47.9 cm³/mol. The number of carboxylic acids is 1. The van der Waals surface area contributed by atoms with E-state index >= 15 is 0 Å². The van der Waals surface area contributed by atoms with Crippen LogP contribution in [0.5, 0.6) is 0 Å². The molecule has 0 fully saturated rings. The van der Waals surface area contributed by atoms with Crippen molar-refractivity contribution in [2.75, 3.05) is 0 Å². The van der Waals surface area contributed by atoms with Crippen molar-refractivity contribution in [1.29, 1.82) is 0 Å². The fourth-order valence-corrected chi connectivity index (χ4v) is 0.911. The van der Waals surface area contributed by atoms with Gasteiger partial charge in [-0.2, -0.15) is 0 Å². The number of rotatable bonds is 1. The fourth-order valence-electron chi connectivity index (χ4n) is 0.654. The van der Waals surface area contributed by atoms with Crippen LogP contribution < -0.4 is 0 Å². The fraction of sp³-hybridized carbons (Fsp3) is 0. The lowest BCUT2D eigenvalue weighted by atomic mass is 10.2. The molecule has 1 rings (SSSR count). The number of thiol groups is 1. The third-order valence-electron chi connectivity index (χ3n) is 1.13. The third kappa shape index (κ3) is 2.44. The quantitative estimate of drug-likeness (QED) is 0.666. The van der Waals surface area contributed by atoms with Crippen LogP contribution >= 0.6 is 25.0 Å². The lowest BCUT2D eigenvalue weighted by molar-refractivity contribution is 0.0693. The average Bonchev–Trinajstić information content (AvgIpc) is 1.88. The van der Waals surface area contributed by atoms with Crippen LogP contribution in [0, 0.1) is 0 Å². The number of carbonyl (C=O) groups is 1. The van der Waals surface area contributed by atoms with Gasteiger partial charge in [0.1, 0.15) is 0 Å². The van der Waals surface area contributed by atoms with Crippen LogP contribution in [-0.2, 0) is 0 Å². The first-order chi connectivity index (χ1) is 4.72. The second kappa shape index (κ2) is 4.26. The molecule has 0 aromatic heterocycles. The number of hydrogen-bond acceptors (Lipinski definition) is 2. The summed E-state index contributed by atoms with van der Waals surface area (Å²) in [5.74, 6) is -0.939. The Hall–Kier alpha value is -0.670. The van der Waals surface area contributed by atoms with Crippen LogP contribution in [0.25, 0.3) is 0 Å². The Kier molecular flexibility index (Phi) is 4.00. The van der Waals surface area contributed by atoms with Gasteiger partial charge in [-0.05, 0) is 12.1 Å². The van der Waals surface area contributed by atoms with Gasteiger partial charge in [0.2, 0.25) is 0 Å². The molecule has 0 spiro atoms. The molecule has 0 unspecified atom stereocenters. The Labute approximate surface area is 76.1 Å². The molecule has 0 radical (unpaired) electrons. The van der Waals surface area contributed by atoms with E-state index in [4.69, 9.17) is 5.11 Å². The molecule has 2 nitrogen and oxygen atoms in total. The van der Waals surface area contributed by atoms with Crippen molar-refractivity contribution in [2.45, 2.75) is 4.90 Å². The normalized spacial score (nSPS) is 8.45. The molecule has 1 aromatic carbocycles. The highest BCUT2D eigenvalue weighted by atomic mass is 35.5. The van der Waals surface area contributed by atoms with Gasteiger partial charge in [-0.25, -0.2) is 4.79 Å². The Balaban J connectivity index is 0.000001000. The molecular formula is C7H7ClO2S. The zero-order valence-corrected chi connectivity index (χ0v) is 7.23. The van der Waals surface area contributed by atoms with Gasteiger partial charge in [0.15, 0.2) is 0 Å². The van der Waals surface area contributed by atoms with Crippen LogP contribution in [0.3, 0.4) is 0 Å². The lowest BCUT2D eigenvalue weighted by Crippen LogP contribution is -1.96. The minimum absolute atomic E-state index is 0. The first kappa shape index (κ1) is 10.3. The van der Waals surface area contributed by atoms with Gasteiger partial charge in [-0.3, -0.25) is 0 Å². The van der Waals surface area contributed by atoms with E-state index in [-0.39, 0.29) is 18.0 Å². The van der Waals surface area contributed by atoms with Crippen molar-refractivity contribution >= 4 is 31.0 Å². The number of aromatic carboxylic acids is 1.